The molecule has 0 N–H and O–H groups in total. The van der Waals surface area contributed by atoms with E-state index in [9.17, 15) is 35.9 Å². The van der Waals surface area contributed by atoms with Gasteiger partial charge in [-0.15, -0.1) is 49.5 Å². The number of hydrogen-bond donors (Lipinski definition) is 0. The van der Waals surface area contributed by atoms with E-state index in [-0.39, 0.29) is 150 Å². The van der Waals surface area contributed by atoms with Gasteiger partial charge in [0.15, 0.2) is 0 Å². The van der Waals surface area contributed by atoms with Crippen molar-refractivity contribution < 1.29 is 174 Å². The van der Waals surface area contributed by atoms with Gasteiger partial charge in [0.2, 0.25) is 11.8 Å². The molecule has 0 unspecified atom stereocenters. The normalized spacial score (nSPS) is 16.1. The van der Waals surface area contributed by atoms with Gasteiger partial charge < -0.3 is 49.3 Å². The predicted octanol–water partition coefficient (Wildman–Crippen LogP) is 5.34. The van der Waals surface area contributed by atoms with Gasteiger partial charge in [-0.2, -0.15) is 10.2 Å². The standard InChI is InChI=1S/C26H25F3N6O2.C20H21BF3N3O3.C12H16IN3O.C2H4Cl2.CH2O3.2K.H/c1-3-23(36)34-8-9-35-21(14-34)24(32-25(35)15-4-5-15)17-6-7-30-20-10-18(16-12-31-33(2)13-16)22(11-19(17)20)37-26(27,28)29;1-18(2)19(3,4)30-21(29-18)15-6-7-25-16-8-13(12-10-26-27(5)11-12)17(9-14(15)16)28-20(22,23)24;1-2-10(17)15-5-6-16-9(7-15)11(13)14-12(16)8-3-4-8;1-2(3)4;2-1-4-3;;;/h6-7,10-13,15H,3-5,8-9,14H2,1-2H3;6-11H,1-5H3;8H,2-7H2,1H3;2H,1H3;1,3H;;;/q;;;;;2*+1;-1/p-1. The molecule has 0 atom stereocenters. The van der Waals surface area contributed by atoms with Crippen LogP contribution >= 0.6 is 45.8 Å². The SMILES string of the molecule is CC(Cl)Cl.CCC(=O)N1CCn2c(C3CC3)nc(-c3ccnc4cc(-c5cnn(C)c5)c(OC(F)(F)F)cc34)c2C1.CCC(=O)N1CCn2c(C3CC3)nc(I)c2C1.Cn1cc(-c2cc3nccc(B4OC(C)(C)C(C)(C)O4)c3cc2OC(F)(F)F)cn1.O=CO[O-].[H-].[K+].[K+]. The first-order valence-electron chi connectivity index (χ1n) is 29.5. The molecule has 2 saturated carbocycles. The number of aryl methyl sites for hydroxylation is 2. The molecule has 0 spiro atoms. The van der Waals surface area contributed by atoms with Gasteiger partial charge in [0.25, 0.3) is 6.47 Å². The fourth-order valence-electron chi connectivity index (χ4n) is 10.9. The number of hydrogen-bond acceptors (Lipinski definition) is 15. The molecule has 2 amide bonds. The molecule has 94 heavy (non-hydrogen) atoms. The summed E-state index contributed by atoms with van der Waals surface area (Å²) >= 11 is 12.4. The minimum absolute atomic E-state index is 0. The summed E-state index contributed by atoms with van der Waals surface area (Å²) < 4.78 is 109. The number of imidazole rings is 2. The Morgan fingerprint density at radius 3 is 1.57 bits per heavy atom. The molecule has 3 fully saturated rings. The van der Waals surface area contributed by atoms with Crippen LogP contribution in [-0.4, -0.2) is 126 Å². The number of halogens is 9. The largest absolute Gasteiger partial charge is 1.00 e. The summed E-state index contributed by atoms with van der Waals surface area (Å²) in [5.74, 6) is 2.94. The molecule has 5 aliphatic rings. The Morgan fingerprint density at radius 1 is 0.723 bits per heavy atom. The maximum absolute atomic E-state index is 13.4. The van der Waals surface area contributed by atoms with E-state index < -0.39 is 31.0 Å². The van der Waals surface area contributed by atoms with Gasteiger partial charge in [0, 0.05) is 128 Å². The molecule has 2 aliphatic carbocycles. The van der Waals surface area contributed by atoms with E-state index in [1.54, 1.807) is 70.1 Å². The number of nitrogens with zero attached hydrogens (tertiary/aromatic N) is 12. The van der Waals surface area contributed by atoms with Crippen LogP contribution in [0.3, 0.4) is 0 Å². The van der Waals surface area contributed by atoms with Crippen LogP contribution in [0.2, 0.25) is 0 Å². The molecule has 13 rings (SSSR count). The van der Waals surface area contributed by atoms with E-state index in [1.807, 2.05) is 51.3 Å². The van der Waals surface area contributed by atoms with Crippen LogP contribution in [-0.2, 0) is 68.9 Å². The first-order valence-corrected chi connectivity index (χ1v) is 31.5. The zero-order valence-electron chi connectivity index (χ0n) is 54.7. The van der Waals surface area contributed by atoms with Gasteiger partial charge in [-0.1, -0.05) is 13.8 Å². The van der Waals surface area contributed by atoms with Crippen LogP contribution in [0.15, 0.2) is 73.6 Å². The van der Waals surface area contributed by atoms with E-state index >= 15 is 0 Å². The minimum Gasteiger partial charge on any atom is -1.00 e. The zero-order valence-corrected chi connectivity index (χ0v) is 63.7. The summed E-state index contributed by atoms with van der Waals surface area (Å²) in [6.07, 6.45) is 5.38. The third kappa shape index (κ3) is 18.9. The van der Waals surface area contributed by atoms with Gasteiger partial charge in [-0.05, 0) is 125 Å². The fraction of sp³-hybridized carbons (Fsp3) is 0.459. The van der Waals surface area contributed by atoms with Crippen LogP contribution in [0, 0.1) is 3.70 Å². The van der Waals surface area contributed by atoms with Crippen molar-refractivity contribution in [2.24, 2.45) is 14.1 Å². The third-order valence-corrected chi connectivity index (χ3v) is 17.1. The van der Waals surface area contributed by atoms with Gasteiger partial charge >= 0.3 is 123 Å². The topological polar surface area (TPSA) is 224 Å². The average Bonchev–Trinajstić information content (AvgIpc) is 1.70. The van der Waals surface area contributed by atoms with Crippen molar-refractivity contribution in [3.05, 3.63) is 100 Å². The van der Waals surface area contributed by atoms with E-state index in [4.69, 9.17) is 47.5 Å². The van der Waals surface area contributed by atoms with Gasteiger partial charge in [0.05, 0.1) is 64.8 Å². The first kappa shape index (κ1) is 77.6. The molecule has 8 aromatic rings. The Hall–Kier alpha value is -3.78. The number of alkyl halides is 8. The number of benzene rings is 2. The minimum atomic E-state index is -4.87. The molecule has 2 aromatic carbocycles. The summed E-state index contributed by atoms with van der Waals surface area (Å²) in [6.45, 7) is 17.1. The summed E-state index contributed by atoms with van der Waals surface area (Å²) in [4.78, 5) is 57.5. The van der Waals surface area contributed by atoms with Crippen molar-refractivity contribution in [2.45, 2.75) is 154 Å². The maximum Gasteiger partial charge on any atom is 1.00 e. The monoisotopic (exact) mass is 1510 g/mol. The third-order valence-electron chi connectivity index (χ3n) is 16.2. The number of aromatic nitrogens is 10. The second-order valence-electron chi connectivity index (χ2n) is 23.4. The summed E-state index contributed by atoms with van der Waals surface area (Å²) in [5, 5.41) is 17.5. The van der Waals surface area contributed by atoms with Crippen molar-refractivity contribution in [1.29, 1.82) is 0 Å². The van der Waals surface area contributed by atoms with E-state index in [1.165, 1.54) is 58.3 Å². The zero-order chi connectivity index (χ0) is 66.8. The van der Waals surface area contributed by atoms with Gasteiger partial charge in [-0.25, -0.2) is 9.97 Å². The number of rotatable bonds is 11. The summed E-state index contributed by atoms with van der Waals surface area (Å²) in [5.41, 5.74) is 5.35. The summed E-state index contributed by atoms with van der Waals surface area (Å²) in [7, 11) is 2.63. The molecule has 21 nitrogen and oxygen atoms in total. The molecule has 494 valence electrons. The van der Waals surface area contributed by atoms with E-state index in [0.29, 0.717) is 94.0 Å². The van der Waals surface area contributed by atoms with Crippen molar-refractivity contribution in [3.8, 4) is 45.0 Å². The summed E-state index contributed by atoms with van der Waals surface area (Å²) in [6, 6.07) is 9.32. The van der Waals surface area contributed by atoms with Crippen LogP contribution in [0.25, 0.3) is 55.3 Å². The number of carbonyl (C=O) groups is 3. The number of pyridine rings is 2. The molecule has 1 saturated heterocycles. The Kier molecular flexibility index (Phi) is 26.8. The molecular weight excluding hydrogens is 1450 g/mol. The van der Waals surface area contributed by atoms with Gasteiger partial charge in [0.1, 0.15) is 31.7 Å². The molecule has 0 radical (unpaired) electrons. The smallest absolute Gasteiger partial charge is 1.00 e. The van der Waals surface area contributed by atoms with Crippen molar-refractivity contribution in [3.63, 3.8) is 0 Å². The van der Waals surface area contributed by atoms with Crippen LogP contribution < -0.4 is 123 Å². The van der Waals surface area contributed by atoms with E-state index in [0.717, 1.165) is 47.7 Å². The van der Waals surface area contributed by atoms with Crippen LogP contribution in [0.4, 0.5) is 26.3 Å². The Morgan fingerprint density at radius 2 is 1.15 bits per heavy atom. The predicted molar refractivity (Wildman–Crippen MR) is 338 cm³/mol. The van der Waals surface area contributed by atoms with Crippen molar-refractivity contribution >= 4 is 98.5 Å². The number of fused-ring (bicyclic) bond motifs is 4. The van der Waals surface area contributed by atoms with Crippen molar-refractivity contribution in [1.82, 2.24) is 58.4 Å². The fourth-order valence-corrected chi connectivity index (χ4v) is 11.6. The second kappa shape index (κ2) is 32.5. The molecule has 33 heteroatoms. The maximum atomic E-state index is 13.4. The second-order valence-corrected chi connectivity index (χ2v) is 25.9. The van der Waals surface area contributed by atoms with Crippen molar-refractivity contribution in [2.75, 3.05) is 13.1 Å². The quantitative estimate of drug-likeness (QED) is 0.0303. The average molecular weight is 1510 g/mol. The Labute approximate surface area is 649 Å². The van der Waals surface area contributed by atoms with Gasteiger partial charge in [-0.3, -0.25) is 33.7 Å². The molecule has 3 aliphatic heterocycles. The first-order chi connectivity index (χ1) is 43.4. The Balaban J connectivity index is 0.000000220. The van der Waals surface area contributed by atoms with Crippen LogP contribution in [0.5, 0.6) is 11.5 Å². The number of carbonyl (C=O) groups excluding carboxylic acids is 3. The van der Waals surface area contributed by atoms with Crippen LogP contribution in [0.1, 0.15) is 123 Å². The molecule has 6 aromatic heterocycles. The molecule has 0 bridgehead atoms. The molecule has 9 heterocycles. The van der Waals surface area contributed by atoms with E-state index in [2.05, 4.69) is 71.2 Å². The molecular formula is C61H68BCl2F6IK2N12O9. The number of ether oxygens (including phenoxy) is 2. The Bertz CT molecular complexity index is 3990. The number of amides is 2.